The molecule has 0 spiro atoms. The summed E-state index contributed by atoms with van der Waals surface area (Å²) in [5.74, 6) is 0.481. The highest BCUT2D eigenvalue weighted by Gasteiger charge is 2.46. The minimum Gasteiger partial charge on any atom is -0.347 e. The number of aromatic amines is 1. The predicted molar refractivity (Wildman–Crippen MR) is 89.9 cm³/mol. The summed E-state index contributed by atoms with van der Waals surface area (Å²) in [6, 6.07) is 5.94. The standard InChI is InChI=1S/C16H21N5O2S/c22-24(23)10-15-16(11-24)21(9-14-7-17-12-19-14)6-5-20(15)8-13-3-1-2-4-18-13/h1-4,7,12,15-16H,5-6,8-11H2,(H,17,19). The summed E-state index contributed by atoms with van der Waals surface area (Å²) in [6.07, 6.45) is 5.25. The Morgan fingerprint density at radius 3 is 2.50 bits per heavy atom. The first-order chi connectivity index (χ1) is 11.6. The van der Waals surface area contributed by atoms with Crippen LogP contribution < -0.4 is 0 Å². The highest BCUT2D eigenvalue weighted by molar-refractivity contribution is 7.91. The SMILES string of the molecule is O=S1(=O)CC2C(C1)N(Cc1cnc[nH]1)CCN2Cc1ccccn1. The van der Waals surface area contributed by atoms with E-state index in [4.69, 9.17) is 0 Å². The molecule has 2 saturated heterocycles. The predicted octanol–water partition coefficient (Wildman–Crippen LogP) is 0.288. The zero-order valence-electron chi connectivity index (χ0n) is 13.4. The molecule has 7 nitrogen and oxygen atoms in total. The largest absolute Gasteiger partial charge is 0.347 e. The Labute approximate surface area is 141 Å². The fourth-order valence-corrected chi connectivity index (χ4v) is 5.82. The van der Waals surface area contributed by atoms with Crippen LogP contribution in [0.3, 0.4) is 0 Å². The number of hydrogen-bond acceptors (Lipinski definition) is 6. The molecule has 2 aliphatic heterocycles. The lowest BCUT2D eigenvalue weighted by Gasteiger charge is -2.43. The number of piperazine rings is 1. The van der Waals surface area contributed by atoms with E-state index in [1.807, 2.05) is 18.2 Å². The lowest BCUT2D eigenvalue weighted by Crippen LogP contribution is -2.58. The first-order valence-electron chi connectivity index (χ1n) is 8.16. The lowest BCUT2D eigenvalue weighted by molar-refractivity contribution is 0.0341. The third-order valence-corrected chi connectivity index (χ3v) is 6.62. The highest BCUT2D eigenvalue weighted by atomic mass is 32.2. The molecule has 2 unspecified atom stereocenters. The van der Waals surface area contributed by atoms with Gasteiger partial charge in [0.25, 0.3) is 0 Å². The molecular weight excluding hydrogens is 326 g/mol. The number of nitrogens with zero attached hydrogens (tertiary/aromatic N) is 4. The van der Waals surface area contributed by atoms with Crippen LogP contribution in [-0.2, 0) is 22.9 Å². The minimum atomic E-state index is -3.00. The van der Waals surface area contributed by atoms with Crippen LogP contribution in [0.4, 0.5) is 0 Å². The summed E-state index contributed by atoms with van der Waals surface area (Å²) in [4.78, 5) is 16.1. The Hall–Kier alpha value is -1.77. The van der Waals surface area contributed by atoms with Crippen molar-refractivity contribution >= 4 is 9.84 Å². The van der Waals surface area contributed by atoms with Crippen LogP contribution in [0.2, 0.25) is 0 Å². The van der Waals surface area contributed by atoms with Gasteiger partial charge in [0.2, 0.25) is 0 Å². The summed E-state index contributed by atoms with van der Waals surface area (Å²) >= 11 is 0. The maximum absolute atomic E-state index is 12.3. The van der Waals surface area contributed by atoms with Crippen LogP contribution in [0.1, 0.15) is 11.4 Å². The summed E-state index contributed by atoms with van der Waals surface area (Å²) < 4.78 is 24.5. The number of nitrogens with one attached hydrogen (secondary N) is 1. The van der Waals surface area contributed by atoms with E-state index >= 15 is 0 Å². The van der Waals surface area contributed by atoms with Crippen molar-refractivity contribution in [1.29, 1.82) is 0 Å². The summed E-state index contributed by atoms with van der Waals surface area (Å²) in [6.45, 7) is 3.12. The van der Waals surface area contributed by atoms with Crippen molar-refractivity contribution < 1.29 is 8.42 Å². The Bertz CT molecular complexity index is 778. The lowest BCUT2D eigenvalue weighted by atomic mass is 10.0. The van der Waals surface area contributed by atoms with E-state index in [9.17, 15) is 8.42 Å². The smallest absolute Gasteiger partial charge is 0.153 e. The van der Waals surface area contributed by atoms with Crippen molar-refractivity contribution in [3.8, 4) is 0 Å². The van der Waals surface area contributed by atoms with Crippen LogP contribution in [0.5, 0.6) is 0 Å². The van der Waals surface area contributed by atoms with Crippen molar-refractivity contribution in [2.24, 2.45) is 0 Å². The zero-order chi connectivity index (χ0) is 16.6. The minimum absolute atomic E-state index is 0.0358. The molecule has 0 bridgehead atoms. The second kappa shape index (κ2) is 6.27. The second-order valence-electron chi connectivity index (χ2n) is 6.55. The first kappa shape index (κ1) is 15.7. The van der Waals surface area contributed by atoms with Gasteiger partial charge in [-0.05, 0) is 12.1 Å². The van der Waals surface area contributed by atoms with E-state index in [1.165, 1.54) is 0 Å². The van der Waals surface area contributed by atoms with Gasteiger partial charge in [0.15, 0.2) is 9.84 Å². The highest BCUT2D eigenvalue weighted by Crippen LogP contribution is 2.28. The van der Waals surface area contributed by atoms with Gasteiger partial charge in [-0.15, -0.1) is 0 Å². The molecule has 24 heavy (non-hydrogen) atoms. The number of H-pyrrole nitrogens is 1. The average molecular weight is 347 g/mol. The maximum Gasteiger partial charge on any atom is 0.153 e. The van der Waals surface area contributed by atoms with Crippen molar-refractivity contribution in [3.05, 3.63) is 48.3 Å². The Balaban J connectivity index is 1.53. The summed E-state index contributed by atoms with van der Waals surface area (Å²) in [5, 5.41) is 0. The molecule has 2 aromatic heterocycles. The van der Waals surface area contributed by atoms with Gasteiger partial charge in [0, 0.05) is 56.4 Å². The normalized spacial score (nSPS) is 27.2. The maximum atomic E-state index is 12.3. The molecule has 2 fully saturated rings. The number of hydrogen-bond donors (Lipinski definition) is 1. The van der Waals surface area contributed by atoms with Gasteiger partial charge in [0.1, 0.15) is 0 Å². The third kappa shape index (κ3) is 3.22. The monoisotopic (exact) mass is 347 g/mol. The number of sulfone groups is 1. The number of imidazole rings is 1. The van der Waals surface area contributed by atoms with Crippen LogP contribution in [0, 0.1) is 0 Å². The molecule has 0 aromatic carbocycles. The first-order valence-corrected chi connectivity index (χ1v) is 9.98. The fourth-order valence-electron chi connectivity index (χ4n) is 3.78. The molecule has 128 valence electrons. The van der Waals surface area contributed by atoms with E-state index in [1.54, 1.807) is 18.7 Å². The van der Waals surface area contributed by atoms with Crippen molar-refractivity contribution in [1.82, 2.24) is 24.8 Å². The number of fused-ring (bicyclic) bond motifs is 1. The van der Waals surface area contributed by atoms with E-state index < -0.39 is 9.84 Å². The van der Waals surface area contributed by atoms with Crippen molar-refractivity contribution in [2.45, 2.75) is 25.2 Å². The number of pyridine rings is 1. The molecule has 0 radical (unpaired) electrons. The van der Waals surface area contributed by atoms with Crippen molar-refractivity contribution in [3.63, 3.8) is 0 Å². The van der Waals surface area contributed by atoms with E-state index in [0.717, 1.165) is 24.5 Å². The Morgan fingerprint density at radius 2 is 1.88 bits per heavy atom. The molecule has 4 rings (SSSR count). The third-order valence-electron chi connectivity index (χ3n) is 4.93. The van der Waals surface area contributed by atoms with Crippen molar-refractivity contribution in [2.75, 3.05) is 24.6 Å². The van der Waals surface area contributed by atoms with Crippen LogP contribution in [0.15, 0.2) is 36.9 Å². The number of rotatable bonds is 4. The van der Waals surface area contributed by atoms with Gasteiger partial charge in [-0.25, -0.2) is 13.4 Å². The van der Waals surface area contributed by atoms with Gasteiger partial charge < -0.3 is 4.98 Å². The molecule has 1 N–H and O–H groups in total. The van der Waals surface area contributed by atoms with Crippen LogP contribution in [-0.4, -0.2) is 69.8 Å². The second-order valence-corrected chi connectivity index (χ2v) is 8.70. The van der Waals surface area contributed by atoms with Crippen LogP contribution in [0.25, 0.3) is 0 Å². The molecule has 2 aliphatic rings. The average Bonchev–Trinajstić information content (AvgIpc) is 3.17. The summed E-state index contributed by atoms with van der Waals surface area (Å²) in [7, 11) is -3.00. The van der Waals surface area contributed by atoms with E-state index in [2.05, 4.69) is 24.8 Å². The van der Waals surface area contributed by atoms with E-state index in [0.29, 0.717) is 13.1 Å². The topological polar surface area (TPSA) is 82.2 Å². The van der Waals surface area contributed by atoms with Crippen LogP contribution >= 0.6 is 0 Å². The number of aromatic nitrogens is 3. The molecule has 8 heteroatoms. The fraction of sp³-hybridized carbons (Fsp3) is 0.500. The molecule has 4 heterocycles. The summed E-state index contributed by atoms with van der Waals surface area (Å²) in [5.41, 5.74) is 2.01. The molecule has 0 amide bonds. The van der Waals surface area contributed by atoms with E-state index in [-0.39, 0.29) is 23.6 Å². The Kier molecular flexibility index (Phi) is 4.11. The zero-order valence-corrected chi connectivity index (χ0v) is 14.2. The molecule has 0 saturated carbocycles. The van der Waals surface area contributed by atoms with Gasteiger partial charge in [-0.1, -0.05) is 6.07 Å². The van der Waals surface area contributed by atoms with Gasteiger partial charge in [-0.3, -0.25) is 14.8 Å². The molecular formula is C16H21N5O2S. The van der Waals surface area contributed by atoms with Gasteiger partial charge in [-0.2, -0.15) is 0 Å². The van der Waals surface area contributed by atoms with Gasteiger partial charge >= 0.3 is 0 Å². The molecule has 0 aliphatic carbocycles. The quantitative estimate of drug-likeness (QED) is 0.856. The van der Waals surface area contributed by atoms with Gasteiger partial charge in [0.05, 0.1) is 23.5 Å². The Morgan fingerprint density at radius 1 is 1.12 bits per heavy atom. The molecule has 2 aromatic rings. The molecule has 2 atom stereocenters.